The maximum atomic E-state index is 15.3. The second kappa shape index (κ2) is 10.8. The minimum absolute atomic E-state index is 0.0661. The van der Waals surface area contributed by atoms with Gasteiger partial charge in [0.2, 0.25) is 11.8 Å². The summed E-state index contributed by atoms with van der Waals surface area (Å²) in [5.74, 6) is -1.43. The minimum Gasteiger partial charge on any atom is -0.492 e. The van der Waals surface area contributed by atoms with Gasteiger partial charge in [-0.3, -0.25) is 14.9 Å². The number of imide groups is 1. The van der Waals surface area contributed by atoms with E-state index in [2.05, 4.69) is 10.3 Å². The van der Waals surface area contributed by atoms with Crippen molar-refractivity contribution in [1.82, 2.24) is 5.32 Å². The van der Waals surface area contributed by atoms with Crippen molar-refractivity contribution in [2.45, 2.75) is 45.1 Å². The largest absolute Gasteiger partial charge is 0.492 e. The first kappa shape index (κ1) is 25.2. The molecular weight excluding hydrogens is 463 g/mol. The van der Waals surface area contributed by atoms with E-state index in [0.29, 0.717) is 24.5 Å². The lowest BCUT2D eigenvalue weighted by molar-refractivity contribution is -0.134. The van der Waals surface area contributed by atoms with Crippen LogP contribution < -0.4 is 20.7 Å². The number of nitrogens with one attached hydrogen (secondary N) is 1. The molecule has 3 N–H and O–H groups in total. The Hall–Kier alpha value is -3.88. The lowest BCUT2D eigenvalue weighted by atomic mass is 9.89. The van der Waals surface area contributed by atoms with Crippen LogP contribution in [0.4, 0.5) is 10.1 Å². The molecule has 2 fully saturated rings. The molecule has 1 unspecified atom stereocenters. The topological polar surface area (TPSA) is 106 Å². The SMILES string of the molecule is CC/C=C(/OC(N)=NC1CN(c2ccc(C3CCC(=O)NC3=O)c(F)c2OC)C1)c1ccc(C)cc1. The number of aliphatic imine (C=N–C) groups is 1. The van der Waals surface area contributed by atoms with Crippen LogP contribution in [-0.2, 0) is 14.3 Å². The molecule has 9 heteroatoms. The molecule has 1 atom stereocenters. The molecule has 0 aromatic heterocycles. The maximum Gasteiger partial charge on any atom is 0.287 e. The Bertz CT molecular complexity index is 1200. The minimum atomic E-state index is -0.727. The summed E-state index contributed by atoms with van der Waals surface area (Å²) in [4.78, 5) is 30.1. The first-order valence-electron chi connectivity index (χ1n) is 12.0. The molecule has 8 nitrogen and oxygen atoms in total. The van der Waals surface area contributed by atoms with E-state index in [4.69, 9.17) is 15.2 Å². The van der Waals surface area contributed by atoms with Gasteiger partial charge in [0.15, 0.2) is 11.6 Å². The molecular formula is C27H31FN4O4. The number of allylic oxidation sites excluding steroid dienone is 1. The van der Waals surface area contributed by atoms with Crippen LogP contribution in [0.2, 0.25) is 0 Å². The Kier molecular flexibility index (Phi) is 7.57. The predicted molar refractivity (Wildman–Crippen MR) is 136 cm³/mol. The van der Waals surface area contributed by atoms with Crippen molar-refractivity contribution in [3.05, 3.63) is 65.0 Å². The normalized spacial score (nSPS) is 19.1. The van der Waals surface area contributed by atoms with Crippen molar-refractivity contribution in [1.29, 1.82) is 0 Å². The average molecular weight is 495 g/mol. The molecule has 190 valence electrons. The van der Waals surface area contributed by atoms with Gasteiger partial charge in [-0.05, 0) is 31.9 Å². The number of carbonyl (C=O) groups is 2. The molecule has 2 aromatic rings. The first-order chi connectivity index (χ1) is 17.3. The maximum absolute atomic E-state index is 15.3. The molecule has 36 heavy (non-hydrogen) atoms. The second-order valence-electron chi connectivity index (χ2n) is 9.00. The highest BCUT2D eigenvalue weighted by Crippen LogP contribution is 2.39. The summed E-state index contributed by atoms with van der Waals surface area (Å²) in [6, 6.07) is 11.3. The zero-order valence-corrected chi connectivity index (χ0v) is 20.7. The first-order valence-corrected chi connectivity index (χ1v) is 12.0. The third kappa shape index (κ3) is 5.35. The number of nitrogens with zero attached hydrogens (tertiary/aromatic N) is 2. The summed E-state index contributed by atoms with van der Waals surface area (Å²) in [7, 11) is 1.39. The van der Waals surface area contributed by atoms with E-state index in [-0.39, 0.29) is 42.1 Å². The van der Waals surface area contributed by atoms with Crippen molar-refractivity contribution in [2.24, 2.45) is 10.7 Å². The molecule has 0 radical (unpaired) electrons. The van der Waals surface area contributed by atoms with Gasteiger partial charge >= 0.3 is 0 Å². The molecule has 2 heterocycles. The average Bonchev–Trinajstić information content (AvgIpc) is 2.82. The van der Waals surface area contributed by atoms with Gasteiger partial charge in [0, 0.05) is 30.6 Å². The van der Waals surface area contributed by atoms with Gasteiger partial charge in [-0.15, -0.1) is 0 Å². The van der Waals surface area contributed by atoms with Crippen molar-refractivity contribution in [2.75, 3.05) is 25.1 Å². The molecule has 0 bridgehead atoms. The van der Waals surface area contributed by atoms with Crippen LogP contribution in [0.15, 0.2) is 47.5 Å². The van der Waals surface area contributed by atoms with Gasteiger partial charge < -0.3 is 20.1 Å². The summed E-state index contributed by atoms with van der Waals surface area (Å²) in [6.45, 7) is 5.06. The summed E-state index contributed by atoms with van der Waals surface area (Å²) in [6.07, 6.45) is 3.18. The van der Waals surface area contributed by atoms with E-state index in [1.54, 1.807) is 12.1 Å². The van der Waals surface area contributed by atoms with Crippen LogP contribution in [0.5, 0.6) is 5.75 Å². The smallest absolute Gasteiger partial charge is 0.287 e. The molecule has 4 rings (SSSR count). The summed E-state index contributed by atoms with van der Waals surface area (Å²) in [5.41, 5.74) is 8.97. The van der Waals surface area contributed by atoms with Gasteiger partial charge in [0.25, 0.3) is 6.02 Å². The van der Waals surface area contributed by atoms with Crippen LogP contribution in [0, 0.1) is 12.7 Å². The third-order valence-corrected chi connectivity index (χ3v) is 6.38. The summed E-state index contributed by atoms with van der Waals surface area (Å²) >= 11 is 0. The molecule has 2 aromatic carbocycles. The highest BCUT2D eigenvalue weighted by atomic mass is 19.1. The van der Waals surface area contributed by atoms with E-state index in [0.717, 1.165) is 17.5 Å². The van der Waals surface area contributed by atoms with Gasteiger partial charge in [0.05, 0.1) is 24.8 Å². The van der Waals surface area contributed by atoms with E-state index in [9.17, 15) is 9.59 Å². The van der Waals surface area contributed by atoms with Crippen molar-refractivity contribution in [3.63, 3.8) is 0 Å². The number of halogens is 1. The van der Waals surface area contributed by atoms with Gasteiger partial charge in [-0.25, -0.2) is 9.38 Å². The van der Waals surface area contributed by atoms with E-state index in [1.807, 2.05) is 49.1 Å². The fraction of sp³-hybridized carbons (Fsp3) is 0.370. The van der Waals surface area contributed by atoms with Gasteiger partial charge in [-0.1, -0.05) is 42.8 Å². The highest BCUT2D eigenvalue weighted by Gasteiger charge is 2.34. The molecule has 2 aliphatic rings. The Morgan fingerprint density at radius 2 is 1.94 bits per heavy atom. The van der Waals surface area contributed by atoms with E-state index >= 15 is 4.39 Å². The molecule has 2 amide bonds. The Balaban J connectivity index is 1.43. The molecule has 0 saturated carbocycles. The number of carbonyl (C=O) groups excluding carboxylic acids is 2. The van der Waals surface area contributed by atoms with Gasteiger partial charge in [0.1, 0.15) is 5.76 Å². The predicted octanol–water partition coefficient (Wildman–Crippen LogP) is 3.63. The van der Waals surface area contributed by atoms with Crippen LogP contribution in [0.1, 0.15) is 48.8 Å². The summed E-state index contributed by atoms with van der Waals surface area (Å²) < 4.78 is 26.5. The van der Waals surface area contributed by atoms with Crippen LogP contribution in [-0.4, -0.2) is 44.1 Å². The van der Waals surface area contributed by atoms with E-state index in [1.165, 1.54) is 7.11 Å². The van der Waals surface area contributed by atoms with Gasteiger partial charge in [-0.2, -0.15) is 0 Å². The lowest BCUT2D eigenvalue weighted by Crippen LogP contribution is -2.51. The number of amidine groups is 1. The summed E-state index contributed by atoms with van der Waals surface area (Å²) in [5, 5.41) is 2.27. The number of amides is 2. The quantitative estimate of drug-likeness (QED) is 0.264. The fourth-order valence-electron chi connectivity index (χ4n) is 4.44. The van der Waals surface area contributed by atoms with E-state index < -0.39 is 17.6 Å². The number of piperidine rings is 1. The van der Waals surface area contributed by atoms with Crippen molar-refractivity contribution < 1.29 is 23.5 Å². The second-order valence-corrected chi connectivity index (χ2v) is 9.00. The van der Waals surface area contributed by atoms with Crippen molar-refractivity contribution in [3.8, 4) is 5.75 Å². The number of rotatable bonds is 7. The van der Waals surface area contributed by atoms with Crippen molar-refractivity contribution >= 4 is 29.3 Å². The number of hydrogen-bond acceptors (Lipinski definition) is 6. The highest BCUT2D eigenvalue weighted by molar-refractivity contribution is 6.01. The number of methoxy groups -OCH3 is 1. The fourth-order valence-corrected chi connectivity index (χ4v) is 4.44. The number of hydrogen-bond donors (Lipinski definition) is 2. The Labute approximate surface area is 210 Å². The lowest BCUT2D eigenvalue weighted by Gasteiger charge is -2.39. The standard InChI is InChI=1S/C27H31FN4O4/c1-4-5-22(17-8-6-16(2)7-9-17)36-27(29)30-18-14-32(15-18)21-12-10-19(24(28)25(21)35-3)20-11-13-23(33)31-26(20)34/h5-10,12,18,20H,4,11,13-15H2,1-3H3,(H2,29,30)(H,31,33,34)/b22-5+. The monoisotopic (exact) mass is 494 g/mol. The number of ether oxygens (including phenoxy) is 2. The van der Waals surface area contributed by atoms with Crippen LogP contribution >= 0.6 is 0 Å². The molecule has 2 saturated heterocycles. The zero-order valence-electron chi connectivity index (χ0n) is 20.7. The Morgan fingerprint density at radius 3 is 2.58 bits per heavy atom. The number of nitrogens with two attached hydrogens (primary N) is 1. The number of aryl methyl sites for hydroxylation is 1. The third-order valence-electron chi connectivity index (χ3n) is 6.38. The number of benzene rings is 2. The number of anilines is 1. The molecule has 0 spiro atoms. The molecule has 0 aliphatic carbocycles. The Morgan fingerprint density at radius 1 is 1.22 bits per heavy atom. The van der Waals surface area contributed by atoms with Crippen LogP contribution in [0.3, 0.4) is 0 Å². The zero-order chi connectivity index (χ0) is 25.8. The molecule has 2 aliphatic heterocycles. The van der Waals surface area contributed by atoms with Crippen LogP contribution in [0.25, 0.3) is 5.76 Å².